The topological polar surface area (TPSA) is 59.2 Å². The van der Waals surface area contributed by atoms with E-state index in [-0.39, 0.29) is 30.5 Å². The molecule has 1 aromatic heterocycles. The van der Waals surface area contributed by atoms with Crippen LogP contribution < -0.4 is 4.90 Å². The molecule has 2 aromatic carbocycles. The van der Waals surface area contributed by atoms with Gasteiger partial charge in [-0.15, -0.1) is 0 Å². The highest BCUT2D eigenvalue weighted by molar-refractivity contribution is 9.10. The Labute approximate surface area is 155 Å². The Hall–Kier alpha value is -2.61. The molecule has 0 saturated carbocycles. The van der Waals surface area contributed by atoms with E-state index in [4.69, 9.17) is 4.52 Å². The lowest BCUT2D eigenvalue weighted by Crippen LogP contribution is -2.25. The van der Waals surface area contributed by atoms with Gasteiger partial charge < -0.3 is 9.42 Å². The van der Waals surface area contributed by atoms with Gasteiger partial charge in [-0.05, 0) is 36.4 Å². The molecule has 26 heavy (non-hydrogen) atoms. The first-order chi connectivity index (χ1) is 12.5. The van der Waals surface area contributed by atoms with Crippen LogP contribution in [-0.4, -0.2) is 22.6 Å². The summed E-state index contributed by atoms with van der Waals surface area (Å²) in [4.78, 5) is 17.8. The number of carbonyl (C=O) groups is 1. The Morgan fingerprint density at radius 3 is 2.69 bits per heavy atom. The first-order valence-electron chi connectivity index (χ1n) is 7.86. The maximum absolute atomic E-state index is 14.0. The first kappa shape index (κ1) is 16.8. The van der Waals surface area contributed by atoms with Crippen molar-refractivity contribution < 1.29 is 18.1 Å². The molecule has 2 heterocycles. The molecular weight excluding hydrogens is 408 g/mol. The molecular formula is C18H12BrF2N3O2. The summed E-state index contributed by atoms with van der Waals surface area (Å²) < 4.78 is 33.6. The van der Waals surface area contributed by atoms with E-state index in [1.54, 1.807) is 0 Å². The van der Waals surface area contributed by atoms with Crippen molar-refractivity contribution in [1.82, 2.24) is 10.1 Å². The fraction of sp³-hybridized carbons (Fsp3) is 0.167. The molecule has 0 bridgehead atoms. The second-order valence-corrected chi connectivity index (χ2v) is 6.88. The van der Waals surface area contributed by atoms with Crippen LogP contribution >= 0.6 is 15.9 Å². The predicted molar refractivity (Wildman–Crippen MR) is 93.5 cm³/mol. The summed E-state index contributed by atoms with van der Waals surface area (Å²) in [6.45, 7) is 0.154. The second-order valence-electron chi connectivity index (χ2n) is 5.96. The van der Waals surface area contributed by atoms with Gasteiger partial charge in [-0.1, -0.05) is 21.1 Å². The van der Waals surface area contributed by atoms with Gasteiger partial charge >= 0.3 is 0 Å². The molecule has 1 saturated heterocycles. The third-order valence-electron chi connectivity index (χ3n) is 4.22. The van der Waals surface area contributed by atoms with Gasteiger partial charge in [0.1, 0.15) is 11.6 Å². The van der Waals surface area contributed by atoms with E-state index < -0.39 is 11.6 Å². The van der Waals surface area contributed by atoms with Crippen LogP contribution in [0.1, 0.15) is 18.2 Å². The number of aromatic nitrogens is 2. The minimum Gasteiger partial charge on any atom is -0.339 e. The van der Waals surface area contributed by atoms with Crippen molar-refractivity contribution in [3.63, 3.8) is 0 Å². The molecule has 1 unspecified atom stereocenters. The number of anilines is 1. The minimum atomic E-state index is -0.651. The first-order valence-corrected chi connectivity index (χ1v) is 8.65. The van der Waals surface area contributed by atoms with Crippen LogP contribution in [-0.2, 0) is 4.79 Å². The van der Waals surface area contributed by atoms with Crippen LogP contribution in [0.5, 0.6) is 0 Å². The average Bonchev–Trinajstić information content (AvgIpc) is 3.25. The lowest BCUT2D eigenvalue weighted by atomic mass is 10.1. The van der Waals surface area contributed by atoms with Gasteiger partial charge in [0, 0.05) is 29.1 Å². The highest BCUT2D eigenvalue weighted by Gasteiger charge is 2.36. The zero-order valence-electron chi connectivity index (χ0n) is 13.3. The number of amides is 1. The zero-order valence-corrected chi connectivity index (χ0v) is 14.9. The van der Waals surface area contributed by atoms with Crippen molar-refractivity contribution in [3.8, 4) is 11.4 Å². The fourth-order valence-electron chi connectivity index (χ4n) is 2.92. The minimum absolute atomic E-state index is 0.0786. The van der Waals surface area contributed by atoms with Crippen LogP contribution in [0.3, 0.4) is 0 Å². The van der Waals surface area contributed by atoms with Gasteiger partial charge in [0.15, 0.2) is 0 Å². The van der Waals surface area contributed by atoms with E-state index in [1.165, 1.54) is 4.90 Å². The highest BCUT2D eigenvalue weighted by atomic mass is 79.9. The number of rotatable bonds is 3. The summed E-state index contributed by atoms with van der Waals surface area (Å²) in [7, 11) is 0. The fourth-order valence-corrected chi connectivity index (χ4v) is 3.18. The van der Waals surface area contributed by atoms with E-state index in [2.05, 4.69) is 26.1 Å². The smallest absolute Gasteiger partial charge is 0.232 e. The number of carbonyl (C=O) groups excluding carboxylic acids is 1. The number of hydrogen-bond donors (Lipinski definition) is 0. The molecule has 1 amide bonds. The Morgan fingerprint density at radius 2 is 1.92 bits per heavy atom. The Bertz CT molecular complexity index is 975. The van der Waals surface area contributed by atoms with Crippen molar-refractivity contribution in [3.05, 3.63) is 64.5 Å². The summed E-state index contributed by atoms with van der Waals surface area (Å²) >= 11 is 3.36. The van der Waals surface area contributed by atoms with Crippen molar-refractivity contribution in [2.75, 3.05) is 11.4 Å². The van der Waals surface area contributed by atoms with Crippen LogP contribution in [0, 0.1) is 11.6 Å². The van der Waals surface area contributed by atoms with E-state index in [9.17, 15) is 13.6 Å². The van der Waals surface area contributed by atoms with Gasteiger partial charge in [0.05, 0.1) is 11.6 Å². The lowest BCUT2D eigenvalue weighted by molar-refractivity contribution is -0.117. The monoisotopic (exact) mass is 419 g/mol. The standard InChI is InChI=1S/C18H12BrF2N3O2/c19-12-3-1-10(2-4-12)17-22-18(26-23-17)11-7-16(25)24(9-11)15-8-13(20)5-6-14(15)21/h1-6,8,11H,7,9H2. The third kappa shape index (κ3) is 3.12. The Balaban J connectivity index is 1.58. The molecule has 8 heteroatoms. The van der Waals surface area contributed by atoms with E-state index >= 15 is 0 Å². The van der Waals surface area contributed by atoms with E-state index in [0.29, 0.717) is 11.7 Å². The predicted octanol–water partition coefficient (Wildman–Crippen LogP) is 4.30. The molecule has 0 N–H and O–H groups in total. The van der Waals surface area contributed by atoms with Crippen molar-refractivity contribution in [2.24, 2.45) is 0 Å². The average molecular weight is 420 g/mol. The van der Waals surface area contributed by atoms with E-state index in [1.807, 2.05) is 24.3 Å². The second kappa shape index (κ2) is 6.60. The summed E-state index contributed by atoms with van der Waals surface area (Å²) in [5, 5.41) is 3.95. The Morgan fingerprint density at radius 1 is 1.15 bits per heavy atom. The van der Waals surface area contributed by atoms with Crippen LogP contribution in [0.4, 0.5) is 14.5 Å². The summed E-state index contributed by atoms with van der Waals surface area (Å²) in [6, 6.07) is 10.4. The van der Waals surface area contributed by atoms with Gasteiger partial charge in [-0.25, -0.2) is 8.78 Å². The van der Waals surface area contributed by atoms with Crippen LogP contribution in [0.2, 0.25) is 0 Å². The molecule has 0 spiro atoms. The summed E-state index contributed by atoms with van der Waals surface area (Å²) in [5.41, 5.74) is 0.700. The third-order valence-corrected chi connectivity index (χ3v) is 4.75. The number of nitrogens with zero attached hydrogens (tertiary/aromatic N) is 3. The molecule has 1 atom stereocenters. The largest absolute Gasteiger partial charge is 0.339 e. The number of benzene rings is 2. The van der Waals surface area contributed by atoms with Crippen LogP contribution in [0.25, 0.3) is 11.4 Å². The molecule has 3 aromatic rings. The maximum atomic E-state index is 14.0. The van der Waals surface area contributed by atoms with Crippen LogP contribution in [0.15, 0.2) is 51.5 Å². The molecule has 1 aliphatic rings. The Kier molecular flexibility index (Phi) is 4.28. The van der Waals surface area contributed by atoms with Gasteiger partial charge in [-0.3, -0.25) is 4.79 Å². The highest BCUT2D eigenvalue weighted by Crippen LogP contribution is 2.33. The molecule has 132 valence electrons. The van der Waals surface area contributed by atoms with Crippen molar-refractivity contribution in [1.29, 1.82) is 0 Å². The van der Waals surface area contributed by atoms with Gasteiger partial charge in [-0.2, -0.15) is 4.98 Å². The van der Waals surface area contributed by atoms with Crippen molar-refractivity contribution >= 4 is 27.5 Å². The normalized spacial score (nSPS) is 17.1. The maximum Gasteiger partial charge on any atom is 0.232 e. The summed E-state index contributed by atoms with van der Waals surface area (Å²) in [5.74, 6) is -1.23. The quantitative estimate of drug-likeness (QED) is 0.634. The molecule has 4 rings (SSSR count). The summed E-state index contributed by atoms with van der Waals surface area (Å²) in [6.07, 6.45) is 0.0952. The van der Waals surface area contributed by atoms with Gasteiger partial charge in [0.2, 0.25) is 17.6 Å². The van der Waals surface area contributed by atoms with E-state index in [0.717, 1.165) is 28.2 Å². The molecule has 1 aliphatic heterocycles. The molecule has 5 nitrogen and oxygen atoms in total. The number of halogens is 3. The molecule has 0 radical (unpaired) electrons. The molecule has 0 aliphatic carbocycles. The number of hydrogen-bond acceptors (Lipinski definition) is 4. The lowest BCUT2D eigenvalue weighted by Gasteiger charge is -2.16. The SMILES string of the molecule is O=C1CC(c2nc(-c3ccc(Br)cc3)no2)CN1c1cc(F)ccc1F. The van der Waals surface area contributed by atoms with Gasteiger partial charge in [0.25, 0.3) is 0 Å². The molecule has 1 fully saturated rings. The van der Waals surface area contributed by atoms with Crippen molar-refractivity contribution in [2.45, 2.75) is 12.3 Å². The zero-order chi connectivity index (χ0) is 18.3.